The standard InChI is InChI=1S/C19H29N3O2/c1-14-2-7-18(20-12-14)22-10-8-16(9-11-22)19(24)21-17-5-3-15(13-23)4-6-17/h2,7,12,15-17,23H,3-6,8-11,13H2,1H3,(H,21,24). The summed E-state index contributed by atoms with van der Waals surface area (Å²) in [6, 6.07) is 4.45. The predicted octanol–water partition coefficient (Wildman–Crippen LogP) is 2.27. The monoisotopic (exact) mass is 331 g/mol. The van der Waals surface area contributed by atoms with Crippen LogP contribution < -0.4 is 10.2 Å². The van der Waals surface area contributed by atoms with Crippen LogP contribution in [0.25, 0.3) is 0 Å². The Balaban J connectivity index is 1.44. The minimum absolute atomic E-state index is 0.127. The van der Waals surface area contributed by atoms with Crippen LogP contribution in [0.3, 0.4) is 0 Å². The van der Waals surface area contributed by atoms with E-state index < -0.39 is 0 Å². The van der Waals surface area contributed by atoms with Crippen LogP contribution in [0.4, 0.5) is 5.82 Å². The van der Waals surface area contributed by atoms with Crippen LogP contribution >= 0.6 is 0 Å². The number of amides is 1. The van der Waals surface area contributed by atoms with Crippen molar-refractivity contribution in [3.8, 4) is 0 Å². The molecule has 0 unspecified atom stereocenters. The largest absolute Gasteiger partial charge is 0.396 e. The molecule has 1 amide bonds. The lowest BCUT2D eigenvalue weighted by Gasteiger charge is -2.34. The average molecular weight is 331 g/mol. The lowest BCUT2D eigenvalue weighted by molar-refractivity contribution is -0.126. The number of aliphatic hydroxyl groups excluding tert-OH is 1. The summed E-state index contributed by atoms with van der Waals surface area (Å²) >= 11 is 0. The van der Waals surface area contributed by atoms with Gasteiger partial charge in [-0.2, -0.15) is 0 Å². The van der Waals surface area contributed by atoms with Gasteiger partial charge in [0.2, 0.25) is 5.91 Å². The molecule has 0 aromatic carbocycles. The van der Waals surface area contributed by atoms with Crippen molar-refractivity contribution in [3.05, 3.63) is 23.9 Å². The summed E-state index contributed by atoms with van der Waals surface area (Å²) in [5.74, 6) is 1.80. The number of nitrogens with zero attached hydrogens (tertiary/aromatic N) is 2. The Morgan fingerprint density at radius 1 is 1.21 bits per heavy atom. The number of carbonyl (C=O) groups excluding carboxylic acids is 1. The zero-order chi connectivity index (χ0) is 16.9. The number of aromatic nitrogens is 1. The molecule has 1 saturated carbocycles. The van der Waals surface area contributed by atoms with Gasteiger partial charge < -0.3 is 15.3 Å². The lowest BCUT2D eigenvalue weighted by atomic mass is 9.86. The fraction of sp³-hybridized carbons (Fsp3) is 0.684. The van der Waals surface area contributed by atoms with E-state index in [1.165, 1.54) is 5.56 Å². The number of anilines is 1. The van der Waals surface area contributed by atoms with Crippen LogP contribution in [-0.4, -0.2) is 41.7 Å². The second-order valence-corrected chi connectivity index (χ2v) is 7.36. The first-order valence-electron chi connectivity index (χ1n) is 9.24. The highest BCUT2D eigenvalue weighted by atomic mass is 16.3. The smallest absolute Gasteiger partial charge is 0.223 e. The lowest BCUT2D eigenvalue weighted by Crippen LogP contribution is -2.45. The van der Waals surface area contributed by atoms with Crippen molar-refractivity contribution in [2.24, 2.45) is 11.8 Å². The number of nitrogens with one attached hydrogen (secondary N) is 1. The Bertz CT molecular complexity index is 530. The van der Waals surface area contributed by atoms with Crippen molar-refractivity contribution in [2.75, 3.05) is 24.6 Å². The van der Waals surface area contributed by atoms with Crippen molar-refractivity contribution in [1.82, 2.24) is 10.3 Å². The number of pyridine rings is 1. The summed E-state index contributed by atoms with van der Waals surface area (Å²) in [5, 5.41) is 12.4. The molecule has 5 nitrogen and oxygen atoms in total. The van der Waals surface area contributed by atoms with Gasteiger partial charge in [-0.25, -0.2) is 4.98 Å². The number of rotatable bonds is 4. The first-order valence-corrected chi connectivity index (χ1v) is 9.24. The molecule has 0 atom stereocenters. The summed E-state index contributed by atoms with van der Waals surface area (Å²) in [6.07, 6.45) is 7.75. The van der Waals surface area contributed by atoms with E-state index in [0.29, 0.717) is 12.0 Å². The van der Waals surface area contributed by atoms with E-state index >= 15 is 0 Å². The van der Waals surface area contributed by atoms with Crippen molar-refractivity contribution in [3.63, 3.8) is 0 Å². The molecule has 1 aliphatic heterocycles. The second kappa shape index (κ2) is 7.97. The quantitative estimate of drug-likeness (QED) is 0.888. The molecule has 1 aliphatic carbocycles. The van der Waals surface area contributed by atoms with Gasteiger partial charge in [0.05, 0.1) is 0 Å². The molecule has 5 heteroatoms. The third-order valence-electron chi connectivity index (χ3n) is 5.54. The fourth-order valence-electron chi connectivity index (χ4n) is 3.83. The number of carbonyl (C=O) groups is 1. The topological polar surface area (TPSA) is 65.5 Å². The number of hydrogen-bond acceptors (Lipinski definition) is 4. The molecular weight excluding hydrogens is 302 g/mol. The van der Waals surface area contributed by atoms with Crippen molar-refractivity contribution >= 4 is 11.7 Å². The van der Waals surface area contributed by atoms with Crippen LogP contribution in [0.15, 0.2) is 18.3 Å². The SMILES string of the molecule is Cc1ccc(N2CCC(C(=O)NC3CCC(CO)CC3)CC2)nc1. The maximum Gasteiger partial charge on any atom is 0.223 e. The van der Waals surface area contributed by atoms with E-state index in [-0.39, 0.29) is 18.4 Å². The molecule has 0 bridgehead atoms. The number of hydrogen-bond donors (Lipinski definition) is 2. The van der Waals surface area contributed by atoms with Gasteiger partial charge in [0, 0.05) is 37.9 Å². The summed E-state index contributed by atoms with van der Waals surface area (Å²) in [5.41, 5.74) is 1.17. The zero-order valence-electron chi connectivity index (χ0n) is 14.6. The number of aliphatic hydroxyl groups is 1. The molecule has 0 spiro atoms. The summed E-state index contributed by atoms with van der Waals surface area (Å²) < 4.78 is 0. The minimum Gasteiger partial charge on any atom is -0.396 e. The Kier molecular flexibility index (Phi) is 5.72. The van der Waals surface area contributed by atoms with Gasteiger partial charge in [0.15, 0.2) is 0 Å². The van der Waals surface area contributed by atoms with Crippen LogP contribution in [0.5, 0.6) is 0 Å². The first-order chi connectivity index (χ1) is 11.7. The molecule has 1 saturated heterocycles. The Hall–Kier alpha value is -1.62. The van der Waals surface area contributed by atoms with Gasteiger partial charge in [-0.05, 0) is 63.0 Å². The Morgan fingerprint density at radius 2 is 1.92 bits per heavy atom. The van der Waals surface area contributed by atoms with Crippen LogP contribution in [0, 0.1) is 18.8 Å². The molecule has 2 aliphatic rings. The fourth-order valence-corrected chi connectivity index (χ4v) is 3.83. The molecule has 0 radical (unpaired) electrons. The van der Waals surface area contributed by atoms with Crippen molar-refractivity contribution in [2.45, 2.75) is 51.5 Å². The molecule has 3 rings (SSSR count). The molecule has 132 valence electrons. The highest BCUT2D eigenvalue weighted by molar-refractivity contribution is 5.79. The van der Waals surface area contributed by atoms with Gasteiger partial charge in [0.1, 0.15) is 5.82 Å². The third-order valence-corrected chi connectivity index (χ3v) is 5.54. The summed E-state index contributed by atoms with van der Waals surface area (Å²) in [4.78, 5) is 19.3. The zero-order valence-corrected chi connectivity index (χ0v) is 14.6. The molecule has 1 aromatic rings. The maximum absolute atomic E-state index is 12.5. The van der Waals surface area contributed by atoms with Gasteiger partial charge in [-0.3, -0.25) is 4.79 Å². The molecular formula is C19H29N3O2. The summed E-state index contributed by atoms with van der Waals surface area (Å²) in [6.45, 7) is 4.12. The van der Waals surface area contributed by atoms with Gasteiger partial charge in [-0.1, -0.05) is 6.07 Å². The molecule has 1 aromatic heterocycles. The van der Waals surface area contributed by atoms with E-state index in [1.807, 2.05) is 13.1 Å². The predicted molar refractivity (Wildman–Crippen MR) is 94.9 cm³/mol. The maximum atomic E-state index is 12.5. The van der Waals surface area contributed by atoms with Crippen LogP contribution in [-0.2, 0) is 4.79 Å². The highest BCUT2D eigenvalue weighted by Crippen LogP contribution is 2.26. The van der Waals surface area contributed by atoms with E-state index in [1.54, 1.807) is 0 Å². The first kappa shape index (κ1) is 17.2. The Labute approximate surface area is 144 Å². The van der Waals surface area contributed by atoms with E-state index in [2.05, 4.69) is 27.3 Å². The average Bonchev–Trinajstić information content (AvgIpc) is 2.63. The Morgan fingerprint density at radius 3 is 2.50 bits per heavy atom. The molecule has 2 heterocycles. The third kappa shape index (κ3) is 4.26. The normalized spacial score (nSPS) is 25.5. The van der Waals surface area contributed by atoms with E-state index in [9.17, 15) is 9.90 Å². The van der Waals surface area contributed by atoms with Crippen molar-refractivity contribution in [1.29, 1.82) is 0 Å². The molecule has 24 heavy (non-hydrogen) atoms. The van der Waals surface area contributed by atoms with Crippen LogP contribution in [0.2, 0.25) is 0 Å². The minimum atomic E-state index is 0.127. The van der Waals surface area contributed by atoms with E-state index in [0.717, 1.165) is 57.4 Å². The van der Waals surface area contributed by atoms with E-state index in [4.69, 9.17) is 0 Å². The van der Waals surface area contributed by atoms with Crippen molar-refractivity contribution < 1.29 is 9.90 Å². The summed E-state index contributed by atoms with van der Waals surface area (Å²) in [7, 11) is 0. The highest BCUT2D eigenvalue weighted by Gasteiger charge is 2.28. The second-order valence-electron chi connectivity index (χ2n) is 7.36. The number of aryl methyl sites for hydroxylation is 1. The number of piperidine rings is 1. The van der Waals surface area contributed by atoms with Crippen LogP contribution in [0.1, 0.15) is 44.1 Å². The van der Waals surface area contributed by atoms with Gasteiger partial charge in [-0.15, -0.1) is 0 Å². The van der Waals surface area contributed by atoms with Gasteiger partial charge >= 0.3 is 0 Å². The molecule has 2 N–H and O–H groups in total. The van der Waals surface area contributed by atoms with Gasteiger partial charge in [0.25, 0.3) is 0 Å². The molecule has 2 fully saturated rings.